The van der Waals surface area contributed by atoms with Crippen molar-refractivity contribution < 1.29 is 4.39 Å². The fourth-order valence-corrected chi connectivity index (χ4v) is 1.74. The van der Waals surface area contributed by atoms with Gasteiger partial charge < -0.3 is 0 Å². The van der Waals surface area contributed by atoms with Crippen LogP contribution in [0.25, 0.3) is 0 Å². The van der Waals surface area contributed by atoms with Crippen LogP contribution in [0.2, 0.25) is 5.02 Å². The van der Waals surface area contributed by atoms with Gasteiger partial charge >= 0.3 is 0 Å². The fraction of sp³-hybridized carbons (Fsp3) is 0. The van der Waals surface area contributed by atoms with E-state index in [1.165, 1.54) is 6.07 Å². The maximum absolute atomic E-state index is 12.7. The minimum atomic E-state index is -0.322. The van der Waals surface area contributed by atoms with E-state index in [9.17, 15) is 4.39 Å². The summed E-state index contributed by atoms with van der Waals surface area (Å²) in [6.07, 6.45) is 0. The highest BCUT2D eigenvalue weighted by molar-refractivity contribution is 14.1. The molecule has 0 N–H and O–H groups in total. The summed E-state index contributed by atoms with van der Waals surface area (Å²) in [7, 11) is 0. The van der Waals surface area contributed by atoms with Crippen molar-refractivity contribution in [2.45, 2.75) is 0 Å². The average molecular weight is 335 g/mol. The van der Waals surface area contributed by atoms with Gasteiger partial charge in [-0.2, -0.15) is 0 Å². The Hall–Kier alpha value is 0.650. The van der Waals surface area contributed by atoms with Crippen molar-refractivity contribution in [1.29, 1.82) is 0 Å². The van der Waals surface area contributed by atoms with E-state index < -0.39 is 0 Å². The molecule has 0 aliphatic rings. The largest absolute Gasteiger partial charge is 0.206 e. The van der Waals surface area contributed by atoms with Crippen LogP contribution in [0.5, 0.6) is 0 Å². The van der Waals surface area contributed by atoms with Crippen molar-refractivity contribution in [2.75, 3.05) is 0 Å². The lowest BCUT2D eigenvalue weighted by molar-refractivity contribution is 0.620. The van der Waals surface area contributed by atoms with E-state index in [-0.39, 0.29) is 5.82 Å². The first-order valence-corrected chi connectivity index (χ1v) is 4.66. The highest BCUT2D eigenvalue weighted by Gasteiger charge is 2.03. The molecule has 0 fully saturated rings. The Morgan fingerprint density at radius 1 is 1.50 bits per heavy atom. The van der Waals surface area contributed by atoms with Crippen molar-refractivity contribution in [3.8, 4) is 0 Å². The molecule has 0 saturated carbocycles. The van der Waals surface area contributed by atoms with E-state index in [2.05, 4.69) is 15.9 Å². The molecule has 1 aromatic carbocycles. The highest BCUT2D eigenvalue weighted by atomic mass is 127. The van der Waals surface area contributed by atoms with Crippen molar-refractivity contribution >= 4 is 50.1 Å². The third-order valence-electron chi connectivity index (χ3n) is 0.949. The number of hydrogen-bond donors (Lipinski definition) is 0. The van der Waals surface area contributed by atoms with Gasteiger partial charge in [0.05, 0.1) is 4.47 Å². The van der Waals surface area contributed by atoms with Crippen LogP contribution < -0.4 is 0 Å². The molecule has 0 heterocycles. The van der Waals surface area contributed by atoms with Crippen LogP contribution >= 0.6 is 50.1 Å². The Morgan fingerprint density at radius 2 is 2.10 bits per heavy atom. The minimum Gasteiger partial charge on any atom is -0.206 e. The summed E-state index contributed by atoms with van der Waals surface area (Å²) in [6.45, 7) is 0. The SMILES string of the molecule is Fc1cc(Cl)cc(I)c1Br. The molecule has 0 aliphatic carbocycles. The van der Waals surface area contributed by atoms with Crippen LogP contribution in [-0.2, 0) is 0 Å². The van der Waals surface area contributed by atoms with Crippen LogP contribution in [0.1, 0.15) is 0 Å². The van der Waals surface area contributed by atoms with Crippen LogP contribution in [0.3, 0.4) is 0 Å². The predicted molar refractivity (Wildman–Crippen MR) is 51.8 cm³/mol. The second-order valence-corrected chi connectivity index (χ2v) is 4.08. The van der Waals surface area contributed by atoms with Crippen LogP contribution in [0, 0.1) is 9.39 Å². The first-order chi connectivity index (χ1) is 4.61. The first-order valence-electron chi connectivity index (χ1n) is 2.41. The van der Waals surface area contributed by atoms with Gasteiger partial charge in [-0.05, 0) is 50.7 Å². The van der Waals surface area contributed by atoms with E-state index in [1.807, 2.05) is 22.6 Å². The molecule has 0 atom stereocenters. The van der Waals surface area contributed by atoms with Crippen molar-refractivity contribution in [2.24, 2.45) is 0 Å². The molecule has 0 nitrogen and oxygen atoms in total. The van der Waals surface area contributed by atoms with Crippen molar-refractivity contribution in [3.63, 3.8) is 0 Å². The van der Waals surface area contributed by atoms with Crippen molar-refractivity contribution in [1.82, 2.24) is 0 Å². The van der Waals surface area contributed by atoms with Crippen LogP contribution in [0.4, 0.5) is 4.39 Å². The Kier molecular flexibility index (Phi) is 2.94. The Labute approximate surface area is 85.0 Å². The van der Waals surface area contributed by atoms with Gasteiger partial charge in [-0.15, -0.1) is 0 Å². The fourth-order valence-electron chi connectivity index (χ4n) is 0.525. The van der Waals surface area contributed by atoms with Crippen molar-refractivity contribution in [3.05, 3.63) is 31.0 Å². The van der Waals surface area contributed by atoms with E-state index in [1.54, 1.807) is 6.07 Å². The molecule has 0 unspecified atom stereocenters. The molecule has 4 heteroatoms. The van der Waals surface area contributed by atoms with E-state index in [0.717, 1.165) is 3.57 Å². The number of benzene rings is 1. The third kappa shape index (κ3) is 1.83. The monoisotopic (exact) mass is 334 g/mol. The van der Waals surface area contributed by atoms with Gasteiger partial charge in [0, 0.05) is 8.59 Å². The summed E-state index contributed by atoms with van der Waals surface area (Å²) in [5.74, 6) is -0.322. The van der Waals surface area contributed by atoms with E-state index >= 15 is 0 Å². The summed E-state index contributed by atoms with van der Waals surface area (Å²) in [6, 6.07) is 2.96. The second-order valence-electron chi connectivity index (χ2n) is 1.68. The van der Waals surface area contributed by atoms with Gasteiger partial charge in [-0.25, -0.2) is 4.39 Å². The number of hydrogen-bond acceptors (Lipinski definition) is 0. The summed E-state index contributed by atoms with van der Waals surface area (Å²) >= 11 is 10.6. The number of rotatable bonds is 0. The van der Waals surface area contributed by atoms with E-state index in [4.69, 9.17) is 11.6 Å². The molecule has 0 bridgehead atoms. The predicted octanol–water partition coefficient (Wildman–Crippen LogP) is 3.85. The van der Waals surface area contributed by atoms with E-state index in [0.29, 0.717) is 9.50 Å². The highest BCUT2D eigenvalue weighted by Crippen LogP contribution is 2.25. The average Bonchev–Trinajstić information content (AvgIpc) is 1.82. The molecule has 54 valence electrons. The molecule has 10 heavy (non-hydrogen) atoms. The molecule has 0 aromatic heterocycles. The second kappa shape index (κ2) is 3.36. The molecular formula is C6H2BrClFI. The lowest BCUT2D eigenvalue weighted by Crippen LogP contribution is -1.81. The smallest absolute Gasteiger partial charge is 0.139 e. The molecule has 0 aliphatic heterocycles. The normalized spacial score (nSPS) is 10.0. The topological polar surface area (TPSA) is 0 Å². The molecule has 1 aromatic rings. The van der Waals surface area contributed by atoms with Gasteiger partial charge in [0.15, 0.2) is 0 Å². The Morgan fingerprint density at radius 3 is 2.60 bits per heavy atom. The minimum absolute atomic E-state index is 0.322. The molecular weight excluding hydrogens is 333 g/mol. The zero-order chi connectivity index (χ0) is 7.72. The Balaban J connectivity index is 3.31. The first kappa shape index (κ1) is 8.74. The lowest BCUT2D eigenvalue weighted by Gasteiger charge is -1.97. The maximum atomic E-state index is 12.7. The molecule has 1 rings (SSSR count). The van der Waals surface area contributed by atoms with Gasteiger partial charge in [-0.1, -0.05) is 11.6 Å². The summed E-state index contributed by atoms with van der Waals surface area (Å²) in [5.41, 5.74) is 0. The summed E-state index contributed by atoms with van der Waals surface area (Å²) in [5, 5.41) is 0.421. The molecule has 0 radical (unpaired) electrons. The van der Waals surface area contributed by atoms with Gasteiger partial charge in [0.1, 0.15) is 5.82 Å². The third-order valence-corrected chi connectivity index (χ3v) is 3.56. The Bertz CT molecular complexity index is 241. The summed E-state index contributed by atoms with van der Waals surface area (Å²) < 4.78 is 14.0. The maximum Gasteiger partial charge on any atom is 0.139 e. The molecule has 0 amide bonds. The summed E-state index contributed by atoms with van der Waals surface area (Å²) in [4.78, 5) is 0. The number of halogens is 4. The van der Waals surface area contributed by atoms with Crippen LogP contribution in [0.15, 0.2) is 16.6 Å². The zero-order valence-electron chi connectivity index (χ0n) is 4.67. The van der Waals surface area contributed by atoms with Gasteiger partial charge in [0.25, 0.3) is 0 Å². The van der Waals surface area contributed by atoms with Gasteiger partial charge in [-0.3, -0.25) is 0 Å². The quantitative estimate of drug-likeness (QED) is 0.384. The lowest BCUT2D eigenvalue weighted by atomic mass is 10.3. The molecule has 0 saturated heterocycles. The van der Waals surface area contributed by atoms with Crippen LogP contribution in [-0.4, -0.2) is 0 Å². The molecule has 0 spiro atoms. The zero-order valence-corrected chi connectivity index (χ0v) is 9.17. The van der Waals surface area contributed by atoms with Gasteiger partial charge in [0.2, 0.25) is 0 Å². The standard InChI is InChI=1S/C6H2BrClFI/c7-6-4(9)1-3(8)2-5(6)10/h1-2H.